The van der Waals surface area contributed by atoms with Crippen LogP contribution in [-0.2, 0) is 9.47 Å². The van der Waals surface area contributed by atoms with E-state index in [0.717, 1.165) is 39.0 Å². The summed E-state index contributed by atoms with van der Waals surface area (Å²) >= 11 is 0. The van der Waals surface area contributed by atoms with Crippen molar-refractivity contribution in [3.8, 4) is 0 Å². The van der Waals surface area contributed by atoms with Crippen LogP contribution in [0.5, 0.6) is 0 Å². The van der Waals surface area contributed by atoms with Gasteiger partial charge < -0.3 is 14.8 Å². The Balaban J connectivity index is 2.25. The van der Waals surface area contributed by atoms with Crippen molar-refractivity contribution in [2.45, 2.75) is 45.4 Å². The highest BCUT2D eigenvalue weighted by Crippen LogP contribution is 2.15. The molecule has 0 saturated carbocycles. The van der Waals surface area contributed by atoms with Crippen molar-refractivity contribution < 1.29 is 9.47 Å². The second kappa shape index (κ2) is 6.99. The molecule has 3 nitrogen and oxygen atoms in total. The van der Waals surface area contributed by atoms with E-state index in [4.69, 9.17) is 9.47 Å². The fraction of sp³-hybridized carbons (Fsp3) is 0.833. The molecule has 1 saturated heterocycles. The van der Waals surface area contributed by atoms with Crippen LogP contribution in [0.4, 0.5) is 0 Å². The Hall–Kier alpha value is -0.380. The fourth-order valence-corrected chi connectivity index (χ4v) is 1.79. The van der Waals surface area contributed by atoms with E-state index < -0.39 is 0 Å². The van der Waals surface area contributed by atoms with E-state index >= 15 is 0 Å². The molecule has 0 bridgehead atoms. The van der Waals surface area contributed by atoms with Gasteiger partial charge in [0.05, 0.1) is 13.2 Å². The Bertz CT molecular complexity index is 188. The first-order valence-electron chi connectivity index (χ1n) is 5.83. The first-order chi connectivity index (χ1) is 7.22. The number of rotatable bonds is 7. The molecule has 1 heterocycles. The summed E-state index contributed by atoms with van der Waals surface area (Å²) in [4.78, 5) is 0. The van der Waals surface area contributed by atoms with Gasteiger partial charge in [0.15, 0.2) is 6.29 Å². The minimum Gasteiger partial charge on any atom is -0.350 e. The van der Waals surface area contributed by atoms with Crippen LogP contribution in [0.25, 0.3) is 0 Å². The molecule has 0 spiro atoms. The number of ether oxygens (including phenoxy) is 2. The Labute approximate surface area is 92.8 Å². The molecule has 3 heteroatoms. The molecule has 1 fully saturated rings. The molecule has 1 aliphatic heterocycles. The molecular weight excluding hydrogens is 190 g/mol. The molecule has 0 aromatic rings. The van der Waals surface area contributed by atoms with Crippen LogP contribution in [0.2, 0.25) is 0 Å². The standard InChI is InChI=1S/C12H23NO2/c1-4-13-11(6-5-10(2)3)9-12-14-7-8-15-12/h11-13H,2,4-9H2,1,3H3. The molecule has 0 amide bonds. The van der Waals surface area contributed by atoms with Crippen molar-refractivity contribution >= 4 is 0 Å². The first kappa shape index (κ1) is 12.7. The molecule has 0 radical (unpaired) electrons. The average Bonchev–Trinajstić information content (AvgIpc) is 2.67. The van der Waals surface area contributed by atoms with Gasteiger partial charge in [0, 0.05) is 12.5 Å². The van der Waals surface area contributed by atoms with E-state index in [1.807, 2.05) is 0 Å². The van der Waals surface area contributed by atoms with Gasteiger partial charge in [-0.05, 0) is 26.3 Å². The lowest BCUT2D eigenvalue weighted by molar-refractivity contribution is -0.0530. The molecule has 1 atom stereocenters. The molecular formula is C12H23NO2. The van der Waals surface area contributed by atoms with E-state index in [1.165, 1.54) is 5.57 Å². The maximum atomic E-state index is 5.45. The first-order valence-corrected chi connectivity index (χ1v) is 5.83. The summed E-state index contributed by atoms with van der Waals surface area (Å²) in [7, 11) is 0. The van der Waals surface area contributed by atoms with Crippen molar-refractivity contribution in [2.75, 3.05) is 19.8 Å². The summed E-state index contributed by atoms with van der Waals surface area (Å²) in [5.41, 5.74) is 1.24. The van der Waals surface area contributed by atoms with Crippen LogP contribution in [0.3, 0.4) is 0 Å². The molecule has 0 aromatic heterocycles. The normalized spacial score (nSPS) is 19.3. The number of hydrogen-bond donors (Lipinski definition) is 1. The van der Waals surface area contributed by atoms with E-state index in [1.54, 1.807) is 0 Å². The maximum Gasteiger partial charge on any atom is 0.159 e. The molecule has 1 N–H and O–H groups in total. The Morgan fingerprint density at radius 1 is 1.47 bits per heavy atom. The van der Waals surface area contributed by atoms with Gasteiger partial charge in [0.25, 0.3) is 0 Å². The predicted octanol–water partition coefficient (Wildman–Crippen LogP) is 2.08. The van der Waals surface area contributed by atoms with Gasteiger partial charge in [0.2, 0.25) is 0 Å². The monoisotopic (exact) mass is 213 g/mol. The highest BCUT2D eigenvalue weighted by molar-refractivity contribution is 4.89. The van der Waals surface area contributed by atoms with Gasteiger partial charge in [-0.3, -0.25) is 0 Å². The zero-order valence-electron chi connectivity index (χ0n) is 9.92. The summed E-state index contributed by atoms with van der Waals surface area (Å²) in [6.45, 7) is 10.6. The summed E-state index contributed by atoms with van der Waals surface area (Å²) in [6, 6.07) is 0.481. The van der Waals surface area contributed by atoms with Gasteiger partial charge in [-0.25, -0.2) is 0 Å². The van der Waals surface area contributed by atoms with Crippen molar-refractivity contribution in [1.82, 2.24) is 5.32 Å². The lowest BCUT2D eigenvalue weighted by Crippen LogP contribution is -2.33. The molecule has 1 rings (SSSR count). The summed E-state index contributed by atoms with van der Waals surface area (Å²) in [6.07, 6.45) is 3.14. The average molecular weight is 213 g/mol. The van der Waals surface area contributed by atoms with Gasteiger partial charge >= 0.3 is 0 Å². The van der Waals surface area contributed by atoms with E-state index in [2.05, 4.69) is 25.7 Å². The third kappa shape index (κ3) is 5.30. The van der Waals surface area contributed by atoms with Crippen molar-refractivity contribution in [2.24, 2.45) is 0 Å². The zero-order valence-corrected chi connectivity index (χ0v) is 9.92. The summed E-state index contributed by atoms with van der Waals surface area (Å²) < 4.78 is 10.9. The minimum absolute atomic E-state index is 0.000767. The zero-order chi connectivity index (χ0) is 11.1. The lowest BCUT2D eigenvalue weighted by Gasteiger charge is -2.20. The topological polar surface area (TPSA) is 30.5 Å². The second-order valence-corrected chi connectivity index (χ2v) is 4.16. The number of hydrogen-bond acceptors (Lipinski definition) is 3. The van der Waals surface area contributed by atoms with Gasteiger partial charge in [0.1, 0.15) is 0 Å². The smallest absolute Gasteiger partial charge is 0.159 e. The van der Waals surface area contributed by atoms with E-state index in [-0.39, 0.29) is 6.29 Å². The van der Waals surface area contributed by atoms with E-state index in [0.29, 0.717) is 6.04 Å². The van der Waals surface area contributed by atoms with Crippen LogP contribution >= 0.6 is 0 Å². The molecule has 0 aliphatic carbocycles. The van der Waals surface area contributed by atoms with Gasteiger partial charge in [-0.15, -0.1) is 6.58 Å². The van der Waals surface area contributed by atoms with Crippen molar-refractivity contribution in [3.05, 3.63) is 12.2 Å². The third-order valence-electron chi connectivity index (χ3n) is 2.58. The quantitative estimate of drug-likeness (QED) is 0.657. The summed E-state index contributed by atoms with van der Waals surface area (Å²) in [5.74, 6) is 0. The largest absolute Gasteiger partial charge is 0.350 e. The highest BCUT2D eigenvalue weighted by Gasteiger charge is 2.20. The second-order valence-electron chi connectivity index (χ2n) is 4.16. The van der Waals surface area contributed by atoms with Crippen molar-refractivity contribution in [1.29, 1.82) is 0 Å². The van der Waals surface area contributed by atoms with Crippen LogP contribution in [-0.4, -0.2) is 32.1 Å². The Morgan fingerprint density at radius 3 is 2.67 bits per heavy atom. The molecule has 0 aromatic carbocycles. The highest BCUT2D eigenvalue weighted by atomic mass is 16.7. The number of nitrogens with one attached hydrogen (secondary N) is 1. The third-order valence-corrected chi connectivity index (χ3v) is 2.58. The SMILES string of the molecule is C=C(C)CCC(CC1OCCO1)NCC. The van der Waals surface area contributed by atoms with Gasteiger partial charge in [-0.1, -0.05) is 12.5 Å². The molecule has 15 heavy (non-hydrogen) atoms. The van der Waals surface area contributed by atoms with Crippen LogP contribution in [0.1, 0.15) is 33.1 Å². The molecule has 88 valence electrons. The van der Waals surface area contributed by atoms with Gasteiger partial charge in [-0.2, -0.15) is 0 Å². The van der Waals surface area contributed by atoms with Crippen molar-refractivity contribution in [3.63, 3.8) is 0 Å². The minimum atomic E-state index is -0.000767. The lowest BCUT2D eigenvalue weighted by atomic mass is 10.0. The van der Waals surface area contributed by atoms with Crippen LogP contribution in [0.15, 0.2) is 12.2 Å². The number of allylic oxidation sites excluding steroid dienone is 1. The van der Waals surface area contributed by atoms with Crippen LogP contribution < -0.4 is 5.32 Å². The Morgan fingerprint density at radius 2 is 2.13 bits per heavy atom. The maximum absolute atomic E-state index is 5.45. The van der Waals surface area contributed by atoms with Crippen LogP contribution in [0, 0.1) is 0 Å². The summed E-state index contributed by atoms with van der Waals surface area (Å²) in [5, 5.41) is 3.46. The molecule has 1 aliphatic rings. The molecule has 1 unspecified atom stereocenters. The fourth-order valence-electron chi connectivity index (χ4n) is 1.79. The Kier molecular flexibility index (Phi) is 5.91. The predicted molar refractivity (Wildman–Crippen MR) is 61.8 cm³/mol. The van der Waals surface area contributed by atoms with E-state index in [9.17, 15) is 0 Å².